The Hall–Kier alpha value is -0.120. The van der Waals surface area contributed by atoms with Gasteiger partial charge in [0.05, 0.1) is 6.10 Å². The van der Waals surface area contributed by atoms with Gasteiger partial charge >= 0.3 is 0 Å². The molecule has 0 bridgehead atoms. The SMILES string of the molecule is C[C@H](O)[C@H]1CN2CCC[C@@H]2CN1. The van der Waals surface area contributed by atoms with Gasteiger partial charge in [0.2, 0.25) is 0 Å². The number of nitrogens with one attached hydrogen (secondary N) is 1. The van der Waals surface area contributed by atoms with Gasteiger partial charge in [-0.15, -0.1) is 0 Å². The molecular weight excluding hydrogens is 152 g/mol. The van der Waals surface area contributed by atoms with E-state index in [1.807, 2.05) is 6.92 Å². The van der Waals surface area contributed by atoms with Crippen LogP contribution in [0.4, 0.5) is 0 Å². The largest absolute Gasteiger partial charge is 0.392 e. The van der Waals surface area contributed by atoms with Gasteiger partial charge in [0.1, 0.15) is 0 Å². The van der Waals surface area contributed by atoms with Crippen LogP contribution in [0.1, 0.15) is 19.8 Å². The quantitative estimate of drug-likeness (QED) is 0.572. The van der Waals surface area contributed by atoms with Crippen LogP contribution < -0.4 is 5.32 Å². The van der Waals surface area contributed by atoms with Crippen molar-refractivity contribution in [3.63, 3.8) is 0 Å². The van der Waals surface area contributed by atoms with Crippen LogP contribution in [0.2, 0.25) is 0 Å². The van der Waals surface area contributed by atoms with E-state index in [9.17, 15) is 5.11 Å². The summed E-state index contributed by atoms with van der Waals surface area (Å²) in [4.78, 5) is 2.51. The summed E-state index contributed by atoms with van der Waals surface area (Å²) >= 11 is 0. The van der Waals surface area contributed by atoms with Gasteiger partial charge in [0.15, 0.2) is 0 Å². The first-order valence-corrected chi connectivity index (χ1v) is 4.93. The Balaban J connectivity index is 1.92. The number of hydrogen-bond acceptors (Lipinski definition) is 3. The number of nitrogens with zero attached hydrogens (tertiary/aromatic N) is 1. The monoisotopic (exact) mass is 170 g/mol. The average molecular weight is 170 g/mol. The molecule has 3 nitrogen and oxygen atoms in total. The van der Waals surface area contributed by atoms with Crippen molar-refractivity contribution in [3.8, 4) is 0 Å². The lowest BCUT2D eigenvalue weighted by Crippen LogP contribution is -2.57. The zero-order chi connectivity index (χ0) is 8.55. The normalized spacial score (nSPS) is 39.5. The molecule has 3 atom stereocenters. The van der Waals surface area contributed by atoms with Gasteiger partial charge in [-0.25, -0.2) is 0 Å². The highest BCUT2D eigenvalue weighted by molar-refractivity contribution is 4.91. The van der Waals surface area contributed by atoms with Crippen molar-refractivity contribution in [1.82, 2.24) is 10.2 Å². The first kappa shape index (κ1) is 8.48. The first-order chi connectivity index (χ1) is 5.77. The van der Waals surface area contributed by atoms with E-state index in [2.05, 4.69) is 10.2 Å². The van der Waals surface area contributed by atoms with Crippen molar-refractivity contribution in [1.29, 1.82) is 0 Å². The summed E-state index contributed by atoms with van der Waals surface area (Å²) in [6.07, 6.45) is 2.45. The molecule has 70 valence electrons. The van der Waals surface area contributed by atoms with E-state index in [1.165, 1.54) is 19.4 Å². The third kappa shape index (κ3) is 1.49. The lowest BCUT2D eigenvalue weighted by atomic mass is 10.1. The number of rotatable bonds is 1. The Morgan fingerprint density at radius 3 is 3.17 bits per heavy atom. The molecule has 2 heterocycles. The fourth-order valence-corrected chi connectivity index (χ4v) is 2.29. The molecule has 0 aromatic carbocycles. The van der Waals surface area contributed by atoms with Crippen molar-refractivity contribution in [2.45, 2.75) is 38.0 Å². The third-order valence-electron chi connectivity index (χ3n) is 3.13. The molecule has 3 heteroatoms. The van der Waals surface area contributed by atoms with Gasteiger partial charge in [-0.1, -0.05) is 0 Å². The minimum absolute atomic E-state index is 0.216. The Labute approximate surface area is 73.8 Å². The van der Waals surface area contributed by atoms with Gasteiger partial charge in [-0.2, -0.15) is 0 Å². The van der Waals surface area contributed by atoms with Crippen molar-refractivity contribution in [2.24, 2.45) is 0 Å². The fraction of sp³-hybridized carbons (Fsp3) is 1.00. The van der Waals surface area contributed by atoms with E-state index in [0.717, 1.165) is 19.1 Å². The second kappa shape index (κ2) is 3.32. The molecule has 0 amide bonds. The second-order valence-corrected chi connectivity index (χ2v) is 4.05. The van der Waals surface area contributed by atoms with Crippen LogP contribution >= 0.6 is 0 Å². The van der Waals surface area contributed by atoms with E-state index in [-0.39, 0.29) is 6.10 Å². The molecule has 0 saturated carbocycles. The summed E-state index contributed by atoms with van der Waals surface area (Å²) in [6.45, 7) is 5.20. The van der Waals surface area contributed by atoms with Gasteiger partial charge in [-0.3, -0.25) is 4.90 Å². The average Bonchev–Trinajstić information content (AvgIpc) is 2.49. The van der Waals surface area contributed by atoms with Gasteiger partial charge in [0.25, 0.3) is 0 Å². The molecule has 2 rings (SSSR count). The molecule has 2 aliphatic rings. The van der Waals surface area contributed by atoms with Gasteiger partial charge in [-0.05, 0) is 26.3 Å². The molecule has 0 aromatic rings. The van der Waals surface area contributed by atoms with Crippen molar-refractivity contribution < 1.29 is 5.11 Å². The number of hydrogen-bond donors (Lipinski definition) is 2. The van der Waals surface area contributed by atoms with Crippen LogP contribution in [0.25, 0.3) is 0 Å². The van der Waals surface area contributed by atoms with Crippen LogP contribution in [0.5, 0.6) is 0 Å². The zero-order valence-electron chi connectivity index (χ0n) is 7.66. The Morgan fingerprint density at radius 1 is 1.58 bits per heavy atom. The molecule has 2 saturated heterocycles. The fourth-order valence-electron chi connectivity index (χ4n) is 2.29. The maximum Gasteiger partial charge on any atom is 0.0677 e. The maximum atomic E-state index is 9.41. The molecule has 0 radical (unpaired) electrons. The predicted octanol–water partition coefficient (Wildman–Crippen LogP) is -0.197. The summed E-state index contributed by atoms with van der Waals surface area (Å²) in [5, 5.41) is 12.8. The standard InChI is InChI=1S/C9H18N2O/c1-7(12)9-6-11-4-2-3-8(11)5-10-9/h7-10,12H,2-6H2,1H3/t7-,8+,9+/m0/s1. The highest BCUT2D eigenvalue weighted by atomic mass is 16.3. The van der Waals surface area contributed by atoms with Crippen molar-refractivity contribution >= 4 is 0 Å². The van der Waals surface area contributed by atoms with Crippen LogP contribution in [0, 0.1) is 0 Å². The van der Waals surface area contributed by atoms with Gasteiger partial charge in [0, 0.05) is 25.2 Å². The molecule has 0 aliphatic carbocycles. The minimum atomic E-state index is -0.216. The van der Waals surface area contributed by atoms with E-state index in [4.69, 9.17) is 0 Å². The molecule has 0 unspecified atom stereocenters. The van der Waals surface area contributed by atoms with E-state index >= 15 is 0 Å². The summed E-state index contributed by atoms with van der Waals surface area (Å²) in [7, 11) is 0. The molecule has 0 aromatic heterocycles. The Kier molecular flexibility index (Phi) is 2.35. The van der Waals surface area contributed by atoms with Crippen LogP contribution in [-0.4, -0.2) is 47.8 Å². The number of aliphatic hydroxyl groups excluding tert-OH is 1. The summed E-state index contributed by atoms with van der Waals surface area (Å²) < 4.78 is 0. The maximum absolute atomic E-state index is 9.41. The smallest absolute Gasteiger partial charge is 0.0677 e. The highest BCUT2D eigenvalue weighted by Gasteiger charge is 2.32. The molecule has 0 spiro atoms. The molecule has 12 heavy (non-hydrogen) atoms. The predicted molar refractivity (Wildman–Crippen MR) is 48.1 cm³/mol. The molecular formula is C9H18N2O. The van der Waals surface area contributed by atoms with Crippen LogP contribution in [0.3, 0.4) is 0 Å². The van der Waals surface area contributed by atoms with E-state index < -0.39 is 0 Å². The van der Waals surface area contributed by atoms with Crippen molar-refractivity contribution in [3.05, 3.63) is 0 Å². The molecule has 2 N–H and O–H groups in total. The number of piperazine rings is 1. The van der Waals surface area contributed by atoms with E-state index in [0.29, 0.717) is 6.04 Å². The van der Waals surface area contributed by atoms with Gasteiger partial charge < -0.3 is 10.4 Å². The number of aliphatic hydroxyl groups is 1. The topological polar surface area (TPSA) is 35.5 Å². The Morgan fingerprint density at radius 2 is 2.42 bits per heavy atom. The molecule has 2 fully saturated rings. The summed E-state index contributed by atoms with van der Waals surface area (Å²) in [5.41, 5.74) is 0. The highest BCUT2D eigenvalue weighted by Crippen LogP contribution is 2.20. The van der Waals surface area contributed by atoms with Crippen molar-refractivity contribution in [2.75, 3.05) is 19.6 Å². The molecule has 2 aliphatic heterocycles. The van der Waals surface area contributed by atoms with Crippen LogP contribution in [-0.2, 0) is 0 Å². The van der Waals surface area contributed by atoms with E-state index in [1.54, 1.807) is 0 Å². The minimum Gasteiger partial charge on any atom is -0.392 e. The summed E-state index contributed by atoms with van der Waals surface area (Å²) in [5.74, 6) is 0. The second-order valence-electron chi connectivity index (χ2n) is 4.05. The zero-order valence-corrected chi connectivity index (χ0v) is 7.66. The first-order valence-electron chi connectivity index (χ1n) is 4.93. The lowest BCUT2D eigenvalue weighted by molar-refractivity contribution is 0.0805. The Bertz CT molecular complexity index is 161. The third-order valence-corrected chi connectivity index (χ3v) is 3.13. The lowest BCUT2D eigenvalue weighted by Gasteiger charge is -2.37. The van der Waals surface area contributed by atoms with Crippen LogP contribution in [0.15, 0.2) is 0 Å². The summed E-state index contributed by atoms with van der Waals surface area (Å²) in [6, 6.07) is 1.04. The number of fused-ring (bicyclic) bond motifs is 1.